The summed E-state index contributed by atoms with van der Waals surface area (Å²) < 4.78 is 21.9. The van der Waals surface area contributed by atoms with Gasteiger partial charge in [-0.15, -0.1) is 0 Å². The van der Waals surface area contributed by atoms with Crippen LogP contribution in [0, 0.1) is 0 Å². The molecule has 2 atom stereocenters. The normalized spacial score (nSPS) is 25.5. The third kappa shape index (κ3) is 2.23. The number of rotatable bonds is 3. The Morgan fingerprint density at radius 2 is 2.29 bits per heavy atom. The highest BCUT2D eigenvalue weighted by atomic mass is 32.2. The summed E-state index contributed by atoms with van der Waals surface area (Å²) in [5, 5.41) is 12.9. The van der Waals surface area contributed by atoms with Gasteiger partial charge in [0.25, 0.3) is 0 Å². The van der Waals surface area contributed by atoms with Crippen LogP contribution in [-0.2, 0) is 14.8 Å². The van der Waals surface area contributed by atoms with E-state index in [1.54, 1.807) is 6.92 Å². The number of nitrogens with two attached hydrogens (primary N) is 1. The van der Waals surface area contributed by atoms with Gasteiger partial charge in [-0.3, -0.25) is 4.79 Å². The predicted molar refractivity (Wildman–Crippen MR) is 49.8 cm³/mol. The van der Waals surface area contributed by atoms with Crippen LogP contribution in [0.25, 0.3) is 0 Å². The second-order valence-corrected chi connectivity index (χ2v) is 5.34. The minimum atomic E-state index is -3.65. The molecular formula is C7H14N2O4S. The summed E-state index contributed by atoms with van der Waals surface area (Å²) in [6.07, 6.45) is -0.0802. The summed E-state index contributed by atoms with van der Waals surface area (Å²) in [5.74, 6) is -0.273. The summed E-state index contributed by atoms with van der Waals surface area (Å²) >= 11 is 0. The van der Waals surface area contributed by atoms with Gasteiger partial charge in [0.2, 0.25) is 15.9 Å². The van der Waals surface area contributed by atoms with Crippen LogP contribution in [-0.4, -0.2) is 48.8 Å². The van der Waals surface area contributed by atoms with Gasteiger partial charge in [-0.25, -0.2) is 13.6 Å². The Labute approximate surface area is 82.7 Å². The molecule has 0 saturated carbocycles. The van der Waals surface area contributed by atoms with E-state index < -0.39 is 15.3 Å². The molecule has 0 bridgehead atoms. The average molecular weight is 222 g/mol. The first-order valence-electron chi connectivity index (χ1n) is 4.28. The average Bonchev–Trinajstić information content (AvgIpc) is 2.45. The maximum Gasteiger partial charge on any atom is 0.224 e. The molecule has 1 aliphatic heterocycles. The van der Waals surface area contributed by atoms with Gasteiger partial charge in [0.15, 0.2) is 0 Å². The number of hydrogen-bond donors (Lipinski definition) is 2. The van der Waals surface area contributed by atoms with Crippen molar-refractivity contribution in [3.63, 3.8) is 0 Å². The number of hydrogen-bond acceptors (Lipinski definition) is 4. The van der Waals surface area contributed by atoms with E-state index >= 15 is 0 Å². The molecule has 0 radical (unpaired) electrons. The van der Waals surface area contributed by atoms with Gasteiger partial charge in [-0.1, -0.05) is 0 Å². The number of primary sulfonamides is 1. The van der Waals surface area contributed by atoms with E-state index in [-0.39, 0.29) is 31.5 Å². The summed E-state index contributed by atoms with van der Waals surface area (Å²) in [6, 6.07) is -0.353. The van der Waals surface area contributed by atoms with Gasteiger partial charge in [0.05, 0.1) is 12.6 Å². The summed E-state index contributed by atoms with van der Waals surface area (Å²) in [5.41, 5.74) is 0. The third-order valence-electron chi connectivity index (χ3n) is 2.38. The first-order valence-corrected chi connectivity index (χ1v) is 5.89. The van der Waals surface area contributed by atoms with Gasteiger partial charge in [0.1, 0.15) is 5.25 Å². The Morgan fingerprint density at radius 3 is 2.64 bits per heavy atom. The number of carbonyl (C=O) groups excluding carboxylic acids is 1. The number of nitrogens with zero attached hydrogens (tertiary/aromatic N) is 1. The number of sulfonamides is 1. The van der Waals surface area contributed by atoms with Gasteiger partial charge >= 0.3 is 0 Å². The van der Waals surface area contributed by atoms with Crippen molar-refractivity contribution < 1.29 is 18.3 Å². The lowest BCUT2D eigenvalue weighted by Crippen LogP contribution is -2.38. The van der Waals surface area contributed by atoms with Gasteiger partial charge in [-0.2, -0.15) is 0 Å². The van der Waals surface area contributed by atoms with Crippen molar-refractivity contribution in [2.75, 3.05) is 13.2 Å². The minimum Gasteiger partial charge on any atom is -0.394 e. The predicted octanol–water partition coefficient (Wildman–Crippen LogP) is -1.74. The molecule has 1 saturated heterocycles. The Hall–Kier alpha value is -0.660. The molecular weight excluding hydrogens is 208 g/mol. The van der Waals surface area contributed by atoms with Crippen LogP contribution in [0.2, 0.25) is 0 Å². The first-order chi connectivity index (χ1) is 6.36. The monoisotopic (exact) mass is 222 g/mol. The first kappa shape index (κ1) is 11.4. The fraction of sp³-hybridized carbons (Fsp3) is 0.857. The third-order valence-corrected chi connectivity index (χ3v) is 3.63. The highest BCUT2D eigenvalue weighted by Gasteiger charge is 2.38. The van der Waals surface area contributed by atoms with Gasteiger partial charge in [0, 0.05) is 13.0 Å². The number of aliphatic hydroxyl groups is 1. The van der Waals surface area contributed by atoms with E-state index in [0.29, 0.717) is 0 Å². The molecule has 1 amide bonds. The van der Waals surface area contributed by atoms with Gasteiger partial charge in [-0.05, 0) is 6.92 Å². The van der Waals surface area contributed by atoms with Crippen LogP contribution < -0.4 is 5.14 Å². The molecule has 1 aliphatic rings. The maximum absolute atomic E-state index is 11.3. The van der Waals surface area contributed by atoms with Crippen LogP contribution in [0.5, 0.6) is 0 Å². The van der Waals surface area contributed by atoms with Crippen molar-refractivity contribution in [1.82, 2.24) is 4.90 Å². The van der Waals surface area contributed by atoms with Crippen LogP contribution in [0.4, 0.5) is 0 Å². The molecule has 82 valence electrons. The number of carbonyl (C=O) groups is 1. The zero-order valence-electron chi connectivity index (χ0n) is 7.88. The molecule has 1 heterocycles. The van der Waals surface area contributed by atoms with Crippen LogP contribution >= 0.6 is 0 Å². The largest absolute Gasteiger partial charge is 0.394 e. The van der Waals surface area contributed by atoms with Crippen molar-refractivity contribution in [3.05, 3.63) is 0 Å². The van der Waals surface area contributed by atoms with Crippen molar-refractivity contribution in [3.8, 4) is 0 Å². The zero-order valence-corrected chi connectivity index (χ0v) is 8.70. The molecule has 3 N–H and O–H groups in total. The van der Waals surface area contributed by atoms with Crippen molar-refractivity contribution in [1.29, 1.82) is 0 Å². The summed E-state index contributed by atoms with van der Waals surface area (Å²) in [4.78, 5) is 12.7. The second kappa shape index (κ2) is 3.84. The molecule has 0 aromatic rings. The van der Waals surface area contributed by atoms with Crippen molar-refractivity contribution in [2.45, 2.75) is 24.6 Å². The Morgan fingerprint density at radius 1 is 1.71 bits per heavy atom. The molecule has 1 fully saturated rings. The zero-order chi connectivity index (χ0) is 10.9. The molecule has 0 aromatic heterocycles. The lowest BCUT2D eigenvalue weighted by atomic mass is 10.3. The Bertz CT molecular complexity index is 327. The molecule has 0 aliphatic carbocycles. The number of aliphatic hydroxyl groups excluding tert-OH is 1. The smallest absolute Gasteiger partial charge is 0.224 e. The maximum atomic E-state index is 11.3. The molecule has 1 rings (SSSR count). The van der Waals surface area contributed by atoms with Crippen LogP contribution in [0.3, 0.4) is 0 Å². The standard InChI is InChI=1S/C7H14N2O4S/c1-5(4-10)9-3-6(2-7(9)11)14(8,12)13/h5-6,10H,2-4H2,1H3,(H2,8,12,13). The molecule has 14 heavy (non-hydrogen) atoms. The van der Waals surface area contributed by atoms with Crippen LogP contribution in [0.15, 0.2) is 0 Å². The van der Waals surface area contributed by atoms with Crippen molar-refractivity contribution in [2.24, 2.45) is 5.14 Å². The van der Waals surface area contributed by atoms with E-state index in [1.165, 1.54) is 4.90 Å². The highest BCUT2D eigenvalue weighted by Crippen LogP contribution is 2.18. The van der Waals surface area contributed by atoms with E-state index in [1.807, 2.05) is 0 Å². The molecule has 7 heteroatoms. The molecule has 0 aromatic carbocycles. The quantitative estimate of drug-likeness (QED) is 0.591. The fourth-order valence-corrected chi connectivity index (χ4v) is 2.19. The van der Waals surface area contributed by atoms with Crippen molar-refractivity contribution >= 4 is 15.9 Å². The topological polar surface area (TPSA) is 101 Å². The highest BCUT2D eigenvalue weighted by molar-refractivity contribution is 7.89. The second-order valence-electron chi connectivity index (χ2n) is 3.49. The van der Waals surface area contributed by atoms with Crippen LogP contribution in [0.1, 0.15) is 13.3 Å². The Balaban J connectivity index is 2.75. The van der Waals surface area contributed by atoms with E-state index in [4.69, 9.17) is 10.2 Å². The molecule has 6 nitrogen and oxygen atoms in total. The molecule has 2 unspecified atom stereocenters. The minimum absolute atomic E-state index is 0.0802. The van der Waals surface area contributed by atoms with E-state index in [2.05, 4.69) is 0 Å². The Kier molecular flexibility index (Phi) is 3.13. The summed E-state index contributed by atoms with van der Waals surface area (Å²) in [7, 11) is -3.65. The van der Waals surface area contributed by atoms with E-state index in [0.717, 1.165) is 0 Å². The number of likely N-dealkylation sites (tertiary alicyclic amines) is 1. The SMILES string of the molecule is CC(CO)N1CC(S(N)(=O)=O)CC1=O. The van der Waals surface area contributed by atoms with E-state index in [9.17, 15) is 13.2 Å². The lowest BCUT2D eigenvalue weighted by molar-refractivity contribution is -0.130. The summed E-state index contributed by atoms with van der Waals surface area (Å²) in [6.45, 7) is 1.56. The number of amides is 1. The lowest BCUT2D eigenvalue weighted by Gasteiger charge is -2.22. The fourth-order valence-electron chi connectivity index (χ4n) is 1.44. The van der Waals surface area contributed by atoms with Gasteiger partial charge < -0.3 is 10.0 Å². The molecule has 0 spiro atoms.